The number of phenols is 1. The molecule has 3 amide bonds. The zero-order valence-electron chi connectivity index (χ0n) is 23.0. The molecule has 0 bridgehead atoms. The van der Waals surface area contributed by atoms with Gasteiger partial charge in [0.1, 0.15) is 23.9 Å². The number of amides is 3. The fraction of sp³-hybridized carbons (Fsp3) is 0.379. The van der Waals surface area contributed by atoms with Gasteiger partial charge in [0.15, 0.2) is 0 Å². The average Bonchev–Trinajstić information content (AvgIpc) is 3.34. The summed E-state index contributed by atoms with van der Waals surface area (Å²) in [4.78, 5) is 54.1. The van der Waals surface area contributed by atoms with E-state index in [-0.39, 0.29) is 24.5 Å². The number of fused-ring (bicyclic) bond motifs is 1. The maximum atomic E-state index is 13.4. The van der Waals surface area contributed by atoms with Gasteiger partial charge in [0.25, 0.3) is 0 Å². The third-order valence-electron chi connectivity index (χ3n) is 6.60. The Hall–Kier alpha value is -4.42. The first-order valence-electron chi connectivity index (χ1n) is 13.3. The number of rotatable bonds is 14. The lowest BCUT2D eigenvalue weighted by molar-refractivity contribution is -0.142. The summed E-state index contributed by atoms with van der Waals surface area (Å²) in [6.45, 7) is 3.02. The van der Waals surface area contributed by atoms with Crippen LogP contribution in [0.25, 0.3) is 10.9 Å². The van der Waals surface area contributed by atoms with E-state index in [1.54, 1.807) is 18.3 Å². The molecule has 0 radical (unpaired) electrons. The summed E-state index contributed by atoms with van der Waals surface area (Å²) in [5.74, 6) is -3.39. The van der Waals surface area contributed by atoms with Crippen molar-refractivity contribution in [3.8, 4) is 5.75 Å². The first kappa shape index (κ1) is 31.1. The molecule has 12 heteroatoms. The molecule has 2 aromatic carbocycles. The molecule has 0 saturated carbocycles. The fourth-order valence-electron chi connectivity index (χ4n) is 4.43. The van der Waals surface area contributed by atoms with Crippen LogP contribution in [0.15, 0.2) is 54.7 Å². The third-order valence-corrected chi connectivity index (χ3v) is 6.60. The number of aliphatic carboxylic acids is 1. The van der Waals surface area contributed by atoms with E-state index in [2.05, 4.69) is 20.9 Å². The minimum Gasteiger partial charge on any atom is -0.508 e. The zero-order valence-corrected chi connectivity index (χ0v) is 23.0. The van der Waals surface area contributed by atoms with E-state index < -0.39 is 54.5 Å². The summed E-state index contributed by atoms with van der Waals surface area (Å²) in [5, 5.41) is 37.6. The topological polar surface area (TPSA) is 207 Å². The van der Waals surface area contributed by atoms with Gasteiger partial charge in [0.05, 0.1) is 12.6 Å². The molecule has 12 nitrogen and oxygen atoms in total. The van der Waals surface area contributed by atoms with Crippen LogP contribution in [0.5, 0.6) is 5.75 Å². The van der Waals surface area contributed by atoms with Crippen molar-refractivity contribution in [3.63, 3.8) is 0 Å². The van der Waals surface area contributed by atoms with Gasteiger partial charge < -0.3 is 42.0 Å². The minimum atomic E-state index is -1.39. The molecule has 4 unspecified atom stereocenters. The molecule has 0 fully saturated rings. The third kappa shape index (κ3) is 8.78. The van der Waals surface area contributed by atoms with Gasteiger partial charge in [-0.15, -0.1) is 0 Å². The van der Waals surface area contributed by atoms with Crippen molar-refractivity contribution >= 4 is 34.6 Å². The van der Waals surface area contributed by atoms with Gasteiger partial charge in [0, 0.05) is 29.9 Å². The number of para-hydroxylation sites is 1. The number of nitrogens with one attached hydrogen (secondary N) is 4. The van der Waals surface area contributed by atoms with Crippen molar-refractivity contribution in [2.24, 2.45) is 11.7 Å². The molecule has 0 saturated heterocycles. The Morgan fingerprint density at radius 2 is 1.46 bits per heavy atom. The number of phenolic OH excluding ortho intramolecular Hbond substituents is 1. The monoisotopic (exact) mass is 567 g/mol. The summed E-state index contributed by atoms with van der Waals surface area (Å²) in [7, 11) is 0. The number of aliphatic hydroxyl groups is 1. The van der Waals surface area contributed by atoms with Crippen LogP contribution >= 0.6 is 0 Å². The molecule has 0 aliphatic rings. The Bertz CT molecular complexity index is 1360. The van der Waals surface area contributed by atoms with E-state index in [4.69, 9.17) is 5.73 Å². The summed E-state index contributed by atoms with van der Waals surface area (Å²) in [6.07, 6.45) is 1.97. The van der Waals surface area contributed by atoms with Gasteiger partial charge in [-0.1, -0.05) is 44.2 Å². The molecule has 3 rings (SSSR count). The van der Waals surface area contributed by atoms with Crippen LogP contribution < -0.4 is 21.7 Å². The highest BCUT2D eigenvalue weighted by atomic mass is 16.4. The van der Waals surface area contributed by atoms with Crippen molar-refractivity contribution in [2.45, 2.75) is 57.3 Å². The number of H-pyrrole nitrogens is 1. The Kier molecular flexibility index (Phi) is 10.8. The number of nitrogens with two attached hydrogens (primary N) is 1. The fourth-order valence-corrected chi connectivity index (χ4v) is 4.43. The highest BCUT2D eigenvalue weighted by Crippen LogP contribution is 2.19. The molecular formula is C29H37N5O7. The van der Waals surface area contributed by atoms with Crippen LogP contribution in [0, 0.1) is 5.92 Å². The molecular weight excluding hydrogens is 530 g/mol. The Labute approximate surface area is 237 Å². The second kappa shape index (κ2) is 14.3. The molecule has 4 atom stereocenters. The van der Waals surface area contributed by atoms with E-state index in [0.29, 0.717) is 17.5 Å². The predicted octanol–water partition coefficient (Wildman–Crippen LogP) is 0.563. The molecule has 9 N–H and O–H groups in total. The number of hydrogen-bond donors (Lipinski definition) is 8. The summed E-state index contributed by atoms with van der Waals surface area (Å²) in [5.41, 5.74) is 7.96. The van der Waals surface area contributed by atoms with Crippen LogP contribution in [0.2, 0.25) is 0 Å². The largest absolute Gasteiger partial charge is 0.508 e. The molecule has 1 aromatic heterocycles. The molecule has 0 aliphatic carbocycles. The maximum absolute atomic E-state index is 13.4. The molecule has 220 valence electrons. The van der Waals surface area contributed by atoms with Crippen molar-refractivity contribution in [1.29, 1.82) is 0 Å². The minimum absolute atomic E-state index is 0.00394. The number of carbonyl (C=O) groups excluding carboxylic acids is 3. The predicted molar refractivity (Wildman–Crippen MR) is 152 cm³/mol. The van der Waals surface area contributed by atoms with E-state index in [1.807, 2.05) is 38.1 Å². The molecule has 3 aromatic rings. The smallest absolute Gasteiger partial charge is 0.326 e. The second-order valence-electron chi connectivity index (χ2n) is 10.4. The molecule has 0 aliphatic heterocycles. The molecule has 1 heterocycles. The number of aliphatic hydroxyl groups excluding tert-OH is 1. The summed E-state index contributed by atoms with van der Waals surface area (Å²) >= 11 is 0. The number of carboxylic acid groups (broad SMARTS) is 1. The van der Waals surface area contributed by atoms with Gasteiger partial charge >= 0.3 is 5.97 Å². The van der Waals surface area contributed by atoms with Crippen LogP contribution in [-0.4, -0.2) is 74.8 Å². The number of aromatic amines is 1. The normalized spacial score (nSPS) is 14.2. The lowest BCUT2D eigenvalue weighted by Gasteiger charge is -2.25. The summed E-state index contributed by atoms with van der Waals surface area (Å²) in [6, 6.07) is 8.42. The Morgan fingerprint density at radius 1 is 0.854 bits per heavy atom. The van der Waals surface area contributed by atoms with E-state index >= 15 is 0 Å². The van der Waals surface area contributed by atoms with Gasteiger partial charge in [-0.05, 0) is 41.7 Å². The van der Waals surface area contributed by atoms with Crippen molar-refractivity contribution in [2.75, 3.05) is 6.61 Å². The van der Waals surface area contributed by atoms with Crippen molar-refractivity contribution < 1.29 is 34.5 Å². The van der Waals surface area contributed by atoms with Crippen LogP contribution in [-0.2, 0) is 32.0 Å². The Morgan fingerprint density at radius 3 is 2.10 bits per heavy atom. The number of carboxylic acids is 1. The van der Waals surface area contributed by atoms with Crippen LogP contribution in [0.1, 0.15) is 31.4 Å². The number of carbonyl (C=O) groups is 4. The van der Waals surface area contributed by atoms with Crippen molar-refractivity contribution in [1.82, 2.24) is 20.9 Å². The first-order chi connectivity index (χ1) is 19.5. The number of aromatic hydroxyl groups is 1. The number of hydrogen-bond acceptors (Lipinski definition) is 7. The lowest BCUT2D eigenvalue weighted by atomic mass is 10.0. The maximum Gasteiger partial charge on any atom is 0.326 e. The SMILES string of the molecule is CC(C)CC(N)C(=O)NC(CO)C(=O)NC(Cc1ccc(O)cc1)C(=O)NC(Cc1c[nH]c2ccccc12)C(=O)O. The highest BCUT2D eigenvalue weighted by Gasteiger charge is 2.31. The summed E-state index contributed by atoms with van der Waals surface area (Å²) < 4.78 is 0. The number of benzene rings is 2. The zero-order chi connectivity index (χ0) is 30.1. The van der Waals surface area contributed by atoms with Gasteiger partial charge in [-0.25, -0.2) is 4.79 Å². The van der Waals surface area contributed by atoms with E-state index in [1.165, 1.54) is 12.1 Å². The van der Waals surface area contributed by atoms with E-state index in [0.717, 1.165) is 10.9 Å². The second-order valence-corrected chi connectivity index (χ2v) is 10.4. The van der Waals surface area contributed by atoms with Crippen LogP contribution in [0.3, 0.4) is 0 Å². The first-order valence-corrected chi connectivity index (χ1v) is 13.3. The Balaban J connectivity index is 1.78. The van der Waals surface area contributed by atoms with Gasteiger partial charge in [-0.3, -0.25) is 14.4 Å². The van der Waals surface area contributed by atoms with Crippen LogP contribution in [0.4, 0.5) is 0 Å². The molecule has 41 heavy (non-hydrogen) atoms. The van der Waals surface area contributed by atoms with Gasteiger partial charge in [0.2, 0.25) is 17.7 Å². The van der Waals surface area contributed by atoms with E-state index in [9.17, 15) is 34.5 Å². The van der Waals surface area contributed by atoms with Gasteiger partial charge in [-0.2, -0.15) is 0 Å². The van der Waals surface area contributed by atoms with Crippen molar-refractivity contribution in [3.05, 3.63) is 65.9 Å². The standard InChI is InChI=1S/C29H37N5O7/c1-16(2)11-21(30)26(37)34-25(15-35)28(39)32-23(12-17-7-9-19(36)10-8-17)27(38)33-24(29(40)41)13-18-14-31-22-6-4-3-5-20(18)22/h3-10,14,16,21,23-25,31,35-36H,11-13,15,30H2,1-2H3,(H,32,39)(H,33,38)(H,34,37)(H,40,41). The lowest BCUT2D eigenvalue weighted by Crippen LogP contribution is -2.58. The number of aromatic nitrogens is 1. The highest BCUT2D eigenvalue weighted by molar-refractivity contribution is 5.94. The quantitative estimate of drug-likeness (QED) is 0.138. The average molecular weight is 568 g/mol. The molecule has 0 spiro atoms.